The van der Waals surface area contributed by atoms with Crippen molar-refractivity contribution in [3.8, 4) is 0 Å². The predicted octanol–water partition coefficient (Wildman–Crippen LogP) is 0.898. The van der Waals surface area contributed by atoms with Gasteiger partial charge in [-0.1, -0.05) is 5.57 Å². The molecule has 0 aliphatic rings. The molecule has 0 spiro atoms. The van der Waals surface area contributed by atoms with Crippen molar-refractivity contribution in [3.63, 3.8) is 0 Å². The van der Waals surface area contributed by atoms with Crippen molar-refractivity contribution >= 4 is 0 Å². The van der Waals surface area contributed by atoms with Gasteiger partial charge in [0.25, 0.3) is 0 Å². The first-order valence-corrected chi connectivity index (χ1v) is 6.36. The van der Waals surface area contributed by atoms with Gasteiger partial charge < -0.3 is 15.6 Å². The van der Waals surface area contributed by atoms with E-state index in [2.05, 4.69) is 10.6 Å². The monoisotopic (exact) mass is 259 g/mol. The van der Waals surface area contributed by atoms with Crippen LogP contribution in [0.4, 0.5) is 0 Å². The van der Waals surface area contributed by atoms with Crippen molar-refractivity contribution in [1.29, 1.82) is 0 Å². The summed E-state index contributed by atoms with van der Waals surface area (Å²) in [6.45, 7) is 12.8. The summed E-state index contributed by atoms with van der Waals surface area (Å²) in [4.78, 5) is 0. The third kappa shape index (κ3) is 7.79. The highest BCUT2D eigenvalue weighted by Crippen LogP contribution is 2.08. The van der Waals surface area contributed by atoms with Crippen LogP contribution in [0.3, 0.4) is 0 Å². The molecular weight excluding hydrogens is 230 g/mol. The van der Waals surface area contributed by atoms with Gasteiger partial charge in [0, 0.05) is 12.6 Å². The van der Waals surface area contributed by atoms with E-state index in [-0.39, 0.29) is 11.6 Å². The van der Waals surface area contributed by atoms with Crippen molar-refractivity contribution in [2.24, 2.45) is 5.73 Å². The van der Waals surface area contributed by atoms with E-state index in [4.69, 9.17) is 10.5 Å². The molecule has 0 aromatic carbocycles. The lowest BCUT2D eigenvalue weighted by Gasteiger charge is -2.25. The Hall–Kier alpha value is -0.460. The van der Waals surface area contributed by atoms with Crippen LogP contribution in [-0.4, -0.2) is 36.4 Å². The van der Waals surface area contributed by atoms with Crippen LogP contribution in [0, 0.1) is 0 Å². The Morgan fingerprint density at radius 1 is 1.28 bits per heavy atom. The van der Waals surface area contributed by atoms with Crippen LogP contribution >= 0.6 is 0 Å². The molecule has 0 heterocycles. The second-order valence-corrected chi connectivity index (χ2v) is 5.62. The largest absolute Gasteiger partial charge is 0.356 e. The van der Waals surface area contributed by atoms with Gasteiger partial charge in [0.05, 0.1) is 12.3 Å². The summed E-state index contributed by atoms with van der Waals surface area (Å²) in [6, 6.07) is 0.175. The van der Waals surface area contributed by atoms with E-state index in [1.807, 2.05) is 41.5 Å². The van der Waals surface area contributed by atoms with Crippen LogP contribution in [-0.2, 0) is 4.74 Å². The van der Waals surface area contributed by atoms with Crippen molar-refractivity contribution in [2.45, 2.75) is 59.6 Å². The fraction of sp³-hybridized carbons (Fsp3) is 0.846. The molecule has 0 fully saturated rings. The molecule has 1 unspecified atom stereocenters. The van der Waals surface area contributed by atoms with E-state index in [1.165, 1.54) is 11.1 Å². The molecule has 18 heavy (non-hydrogen) atoms. The zero-order chi connectivity index (χ0) is 14.3. The first-order valence-electron chi connectivity index (χ1n) is 6.36. The molecule has 0 saturated heterocycles. The molecule has 0 aromatic heterocycles. The van der Waals surface area contributed by atoms with Gasteiger partial charge in [-0.3, -0.25) is 10.6 Å². The van der Waals surface area contributed by atoms with Gasteiger partial charge in [-0.15, -0.1) is 0 Å². The lowest BCUT2D eigenvalue weighted by Crippen LogP contribution is -2.45. The highest BCUT2D eigenvalue weighted by atomic mass is 16.6. The molecule has 0 saturated carbocycles. The highest BCUT2D eigenvalue weighted by molar-refractivity contribution is 5.17. The third-order valence-corrected chi connectivity index (χ3v) is 2.53. The molecule has 2 atom stereocenters. The number of ether oxygens (including phenoxy) is 1. The summed E-state index contributed by atoms with van der Waals surface area (Å²) in [5.41, 5.74) is 7.73. The zero-order valence-electron chi connectivity index (χ0n) is 12.5. The number of hydrogen-bond donors (Lipinski definition) is 4. The highest BCUT2D eigenvalue weighted by Gasteiger charge is 2.16. The van der Waals surface area contributed by atoms with Crippen LogP contribution in [0.25, 0.3) is 0 Å². The minimum Gasteiger partial charge on any atom is -0.356 e. The van der Waals surface area contributed by atoms with E-state index in [1.54, 1.807) is 0 Å². The minimum absolute atomic E-state index is 0.175. The Kier molecular flexibility index (Phi) is 7.66. The molecule has 0 rings (SSSR count). The quantitative estimate of drug-likeness (QED) is 0.403. The number of aliphatic hydroxyl groups excluding tert-OH is 1. The molecule has 108 valence electrons. The van der Waals surface area contributed by atoms with Gasteiger partial charge in [-0.05, 0) is 47.1 Å². The molecule has 0 bridgehead atoms. The number of allylic oxidation sites excluding steroid dienone is 1. The maximum Gasteiger partial charge on any atom is 0.215 e. The standard InChI is InChI=1S/C13H29N3O2/c1-9(2)11(7-14)10(3)15-8-16-12(17)18-13(4,5)6/h10,12,15-17H,7-8,14H2,1-6H3/t10-,12?/m0/s1. The van der Waals surface area contributed by atoms with E-state index in [0.29, 0.717) is 13.2 Å². The summed E-state index contributed by atoms with van der Waals surface area (Å²) >= 11 is 0. The second kappa shape index (κ2) is 7.86. The summed E-state index contributed by atoms with van der Waals surface area (Å²) in [5, 5.41) is 15.7. The van der Waals surface area contributed by atoms with Gasteiger partial charge in [-0.2, -0.15) is 0 Å². The molecule has 5 N–H and O–H groups in total. The number of rotatable bonds is 7. The Morgan fingerprint density at radius 3 is 2.22 bits per heavy atom. The SMILES string of the molecule is CC(C)=C(CN)[C@H](C)NCNC(O)OC(C)(C)C. The molecule has 5 nitrogen and oxygen atoms in total. The molecule has 0 radical (unpaired) electrons. The second-order valence-electron chi connectivity index (χ2n) is 5.62. The molecule has 0 aromatic rings. The molecule has 0 amide bonds. The van der Waals surface area contributed by atoms with Crippen LogP contribution in [0.5, 0.6) is 0 Å². The van der Waals surface area contributed by atoms with Gasteiger partial charge in [0.2, 0.25) is 6.41 Å². The fourth-order valence-corrected chi connectivity index (χ4v) is 1.61. The average molecular weight is 259 g/mol. The summed E-state index contributed by atoms with van der Waals surface area (Å²) in [6.07, 6.45) is -0.974. The van der Waals surface area contributed by atoms with E-state index in [9.17, 15) is 5.11 Å². The van der Waals surface area contributed by atoms with Crippen molar-refractivity contribution < 1.29 is 9.84 Å². The summed E-state index contributed by atoms with van der Waals surface area (Å²) < 4.78 is 5.32. The number of nitrogens with two attached hydrogens (primary N) is 1. The fourth-order valence-electron chi connectivity index (χ4n) is 1.61. The summed E-state index contributed by atoms with van der Waals surface area (Å²) in [5.74, 6) is 0. The molecule has 0 aliphatic carbocycles. The van der Waals surface area contributed by atoms with E-state index in [0.717, 1.165) is 0 Å². The first-order chi connectivity index (χ1) is 8.17. The smallest absolute Gasteiger partial charge is 0.215 e. The van der Waals surface area contributed by atoms with Gasteiger partial charge in [0.1, 0.15) is 0 Å². The topological polar surface area (TPSA) is 79.5 Å². The Morgan fingerprint density at radius 2 is 1.83 bits per heavy atom. The number of nitrogens with one attached hydrogen (secondary N) is 2. The lowest BCUT2D eigenvalue weighted by molar-refractivity contribution is -0.181. The number of hydrogen-bond acceptors (Lipinski definition) is 5. The van der Waals surface area contributed by atoms with E-state index < -0.39 is 6.41 Å². The lowest BCUT2D eigenvalue weighted by atomic mass is 10.0. The zero-order valence-corrected chi connectivity index (χ0v) is 12.5. The maximum absolute atomic E-state index is 9.59. The minimum atomic E-state index is -0.974. The first kappa shape index (κ1) is 17.5. The van der Waals surface area contributed by atoms with Gasteiger partial charge in [-0.25, -0.2) is 0 Å². The Bertz CT molecular complexity index is 268. The van der Waals surface area contributed by atoms with Gasteiger partial charge in [0.15, 0.2) is 0 Å². The molecule has 5 heteroatoms. The summed E-state index contributed by atoms with van der Waals surface area (Å²) in [7, 11) is 0. The molecular formula is C13H29N3O2. The molecule has 0 aliphatic heterocycles. The Balaban J connectivity index is 4.02. The predicted molar refractivity (Wildman–Crippen MR) is 74.9 cm³/mol. The van der Waals surface area contributed by atoms with Crippen LogP contribution in [0.2, 0.25) is 0 Å². The van der Waals surface area contributed by atoms with Crippen LogP contribution in [0.1, 0.15) is 41.5 Å². The third-order valence-electron chi connectivity index (χ3n) is 2.53. The van der Waals surface area contributed by atoms with Gasteiger partial charge >= 0.3 is 0 Å². The normalized spacial score (nSPS) is 15.3. The van der Waals surface area contributed by atoms with Crippen LogP contribution in [0.15, 0.2) is 11.1 Å². The van der Waals surface area contributed by atoms with Crippen molar-refractivity contribution in [1.82, 2.24) is 10.6 Å². The van der Waals surface area contributed by atoms with E-state index >= 15 is 0 Å². The maximum atomic E-state index is 9.59. The van der Waals surface area contributed by atoms with Crippen molar-refractivity contribution in [2.75, 3.05) is 13.2 Å². The number of aliphatic hydroxyl groups is 1. The average Bonchev–Trinajstić information content (AvgIpc) is 2.14. The van der Waals surface area contributed by atoms with Crippen molar-refractivity contribution in [3.05, 3.63) is 11.1 Å². The van der Waals surface area contributed by atoms with Crippen LogP contribution < -0.4 is 16.4 Å². The Labute approximate surface area is 111 Å².